The summed E-state index contributed by atoms with van der Waals surface area (Å²) in [4.78, 5) is 47.6. The first-order chi connectivity index (χ1) is 32.7. The van der Waals surface area contributed by atoms with Crippen LogP contribution in [0.5, 0.6) is 11.8 Å². The average molecular weight is 915 g/mol. The first-order valence-corrected chi connectivity index (χ1v) is 24.0. The number of anilines is 2. The number of amides is 1. The van der Waals surface area contributed by atoms with Crippen LogP contribution in [-0.2, 0) is 9.47 Å². The van der Waals surface area contributed by atoms with Gasteiger partial charge in [0.15, 0.2) is 0 Å². The molecule has 4 fully saturated rings. The lowest BCUT2D eigenvalue weighted by Gasteiger charge is -2.32. The number of carbonyl (C=O) groups is 1. The van der Waals surface area contributed by atoms with E-state index in [1.165, 1.54) is 0 Å². The van der Waals surface area contributed by atoms with Gasteiger partial charge in [0.2, 0.25) is 11.8 Å². The van der Waals surface area contributed by atoms with Crippen molar-refractivity contribution in [1.29, 1.82) is 0 Å². The molecule has 2 N–H and O–H groups in total. The molecule has 18 nitrogen and oxygen atoms in total. The zero-order chi connectivity index (χ0) is 45.9. The normalized spacial score (nSPS) is 22.4. The van der Waals surface area contributed by atoms with E-state index >= 15 is 0 Å². The van der Waals surface area contributed by atoms with Crippen LogP contribution in [0.2, 0.25) is 0 Å². The molecule has 0 bridgehead atoms. The Morgan fingerprint density at radius 1 is 0.761 bits per heavy atom. The van der Waals surface area contributed by atoms with Crippen molar-refractivity contribution in [3.05, 3.63) is 84.7 Å². The van der Waals surface area contributed by atoms with E-state index in [0.29, 0.717) is 61.9 Å². The maximum atomic E-state index is 12.9. The SMILES string of the molecule is CC(CNC(O)c1cnc2cc(N3CCOCC3)nc(OC3CCC(n4ccnc4)CC3)c2c1)c1nccn1C1CCC(Oc2nc(N3CCOCC3)cc3ncc(C(=O)N(C)C)cc23)CC1. The molecule has 0 radical (unpaired) electrons. The van der Waals surface area contributed by atoms with Crippen LogP contribution in [0.4, 0.5) is 11.6 Å². The van der Waals surface area contributed by atoms with Crippen molar-refractivity contribution < 1.29 is 28.8 Å². The Hall–Kier alpha value is -5.95. The molecule has 2 aliphatic carbocycles. The number of pyridine rings is 4. The van der Waals surface area contributed by atoms with Crippen LogP contribution >= 0.6 is 0 Å². The van der Waals surface area contributed by atoms with Crippen molar-refractivity contribution in [2.75, 3.05) is 83.0 Å². The minimum atomic E-state index is -0.966. The molecule has 354 valence electrons. The number of fused-ring (bicyclic) bond motifs is 2. The highest BCUT2D eigenvalue weighted by Gasteiger charge is 2.30. The summed E-state index contributed by atoms with van der Waals surface area (Å²) in [6.45, 7) is 8.19. The van der Waals surface area contributed by atoms with E-state index in [1.807, 2.05) is 49.2 Å². The zero-order valence-electron chi connectivity index (χ0n) is 38.7. The van der Waals surface area contributed by atoms with E-state index in [9.17, 15) is 9.90 Å². The van der Waals surface area contributed by atoms with Crippen LogP contribution < -0.4 is 24.6 Å². The van der Waals surface area contributed by atoms with Gasteiger partial charge in [0.1, 0.15) is 35.9 Å². The highest BCUT2D eigenvalue weighted by atomic mass is 16.5. The predicted molar refractivity (Wildman–Crippen MR) is 253 cm³/mol. The second-order valence-corrected chi connectivity index (χ2v) is 18.6. The molecule has 2 unspecified atom stereocenters. The molecule has 4 aliphatic rings. The number of aliphatic hydroxyl groups excluding tert-OH is 1. The Balaban J connectivity index is 0.794. The summed E-state index contributed by atoms with van der Waals surface area (Å²) in [6.07, 6.45) is 19.4. The summed E-state index contributed by atoms with van der Waals surface area (Å²) >= 11 is 0. The van der Waals surface area contributed by atoms with Gasteiger partial charge < -0.3 is 47.9 Å². The molecular weight excluding hydrogens is 853 g/mol. The third-order valence-corrected chi connectivity index (χ3v) is 13.9. The summed E-state index contributed by atoms with van der Waals surface area (Å²) in [5.74, 6) is 3.54. The van der Waals surface area contributed by atoms with Gasteiger partial charge in [-0.3, -0.25) is 20.1 Å². The number of nitrogens with one attached hydrogen (secondary N) is 1. The number of aliphatic hydroxyl groups is 1. The minimum Gasteiger partial charge on any atom is -0.474 e. The van der Waals surface area contributed by atoms with Gasteiger partial charge in [0.25, 0.3) is 5.91 Å². The molecular formula is C49H62N12O6. The Morgan fingerprint density at radius 2 is 1.34 bits per heavy atom. The molecule has 0 spiro atoms. The Kier molecular flexibility index (Phi) is 13.5. The first kappa shape index (κ1) is 44.9. The van der Waals surface area contributed by atoms with Gasteiger partial charge in [0.05, 0.1) is 60.1 Å². The Labute approximate surface area is 390 Å². The number of aromatic nitrogens is 8. The maximum absolute atomic E-state index is 12.9. The van der Waals surface area contributed by atoms with Crippen molar-refractivity contribution in [2.45, 2.75) is 94.7 Å². The van der Waals surface area contributed by atoms with E-state index in [0.717, 1.165) is 117 Å². The van der Waals surface area contributed by atoms with Crippen molar-refractivity contribution in [3.8, 4) is 11.8 Å². The van der Waals surface area contributed by atoms with Crippen LogP contribution in [0.1, 0.15) is 104 Å². The highest BCUT2D eigenvalue weighted by Crippen LogP contribution is 2.37. The van der Waals surface area contributed by atoms with Crippen molar-refractivity contribution in [3.63, 3.8) is 0 Å². The number of carbonyl (C=O) groups excluding carboxylic acids is 1. The first-order valence-electron chi connectivity index (χ1n) is 24.0. The molecule has 6 aromatic heterocycles. The third-order valence-electron chi connectivity index (χ3n) is 13.9. The number of morpholine rings is 2. The molecule has 2 saturated heterocycles. The van der Waals surface area contributed by atoms with Gasteiger partial charge in [-0.25, -0.2) is 9.97 Å². The Bertz CT molecular complexity index is 2610. The second kappa shape index (κ2) is 20.1. The van der Waals surface area contributed by atoms with E-state index in [1.54, 1.807) is 31.4 Å². The minimum absolute atomic E-state index is 0.00573. The van der Waals surface area contributed by atoms with Crippen molar-refractivity contribution >= 4 is 39.3 Å². The molecule has 67 heavy (non-hydrogen) atoms. The number of hydrogen-bond acceptors (Lipinski definition) is 15. The maximum Gasteiger partial charge on any atom is 0.254 e. The fourth-order valence-corrected chi connectivity index (χ4v) is 10.0. The van der Waals surface area contributed by atoms with Gasteiger partial charge in [-0.1, -0.05) is 6.92 Å². The summed E-state index contributed by atoms with van der Waals surface area (Å²) in [5.41, 5.74) is 2.66. The lowest BCUT2D eigenvalue weighted by atomic mass is 9.92. The van der Waals surface area contributed by atoms with E-state index in [-0.39, 0.29) is 30.1 Å². The largest absolute Gasteiger partial charge is 0.474 e. The molecule has 8 heterocycles. The molecule has 0 aromatic carbocycles. The predicted octanol–water partition coefficient (Wildman–Crippen LogP) is 5.85. The van der Waals surface area contributed by atoms with Crippen LogP contribution in [0.25, 0.3) is 21.8 Å². The standard InChI is InChI=1S/C49H62N12O6/c1-32(28-54-46(62)33-24-39-41(52-29-33)26-43(58-16-20-64-21-17-58)55-47(39)66-37-8-4-35(5-9-37)60-14-12-50-31-60)45-51-13-15-61(45)36-6-10-38(11-7-36)67-48-40-25-34(49(63)57(2)3)30-53-42(40)27-44(56-48)59-18-22-65-23-19-59/h12-15,24-27,29-32,35-38,46,54,62H,4-11,16-23,28H2,1-3H3. The van der Waals surface area contributed by atoms with Crippen molar-refractivity contribution in [1.82, 2.24) is 49.3 Å². The van der Waals surface area contributed by atoms with Gasteiger partial charge >= 0.3 is 0 Å². The van der Waals surface area contributed by atoms with Crippen LogP contribution in [0, 0.1) is 0 Å². The van der Waals surface area contributed by atoms with Gasteiger partial charge in [-0.2, -0.15) is 9.97 Å². The topological polar surface area (TPSA) is 183 Å². The Morgan fingerprint density at radius 3 is 1.93 bits per heavy atom. The van der Waals surface area contributed by atoms with Crippen LogP contribution in [-0.4, -0.2) is 140 Å². The zero-order valence-corrected chi connectivity index (χ0v) is 38.7. The quantitative estimate of drug-likeness (QED) is 0.124. The van der Waals surface area contributed by atoms with Crippen molar-refractivity contribution in [2.24, 2.45) is 0 Å². The fourth-order valence-electron chi connectivity index (χ4n) is 10.0. The molecule has 2 aliphatic heterocycles. The fraction of sp³-hybridized carbons (Fsp3) is 0.531. The van der Waals surface area contributed by atoms with E-state index < -0.39 is 6.23 Å². The monoisotopic (exact) mass is 914 g/mol. The smallest absolute Gasteiger partial charge is 0.254 e. The van der Waals surface area contributed by atoms with E-state index in [2.05, 4.69) is 42.4 Å². The molecule has 2 atom stereocenters. The van der Waals surface area contributed by atoms with E-state index in [4.69, 9.17) is 43.9 Å². The summed E-state index contributed by atoms with van der Waals surface area (Å²) < 4.78 is 29.2. The number of nitrogens with zero attached hydrogens (tertiary/aromatic N) is 11. The lowest BCUT2D eigenvalue weighted by Crippen LogP contribution is -2.37. The highest BCUT2D eigenvalue weighted by molar-refractivity contribution is 5.98. The molecule has 1 amide bonds. The number of rotatable bonds is 14. The van der Waals surface area contributed by atoms with Gasteiger partial charge in [-0.05, 0) is 63.5 Å². The summed E-state index contributed by atoms with van der Waals surface area (Å²) in [5, 5.41) is 16.5. The number of hydrogen-bond donors (Lipinski definition) is 2. The molecule has 10 rings (SSSR count). The van der Waals surface area contributed by atoms with Crippen LogP contribution in [0.15, 0.2) is 67.8 Å². The number of imidazole rings is 2. The summed E-state index contributed by atoms with van der Waals surface area (Å²) in [7, 11) is 3.47. The summed E-state index contributed by atoms with van der Waals surface area (Å²) in [6, 6.07) is 8.47. The number of ether oxygens (including phenoxy) is 4. The molecule has 18 heteroatoms. The third kappa shape index (κ3) is 10.0. The average Bonchev–Trinajstić information content (AvgIpc) is 4.10. The molecule has 6 aromatic rings. The van der Waals surface area contributed by atoms with Gasteiger partial charge in [-0.15, -0.1) is 0 Å². The molecule has 2 saturated carbocycles. The van der Waals surface area contributed by atoms with Gasteiger partial charge in [0, 0.05) is 120 Å². The lowest BCUT2D eigenvalue weighted by molar-refractivity contribution is 0.0827. The van der Waals surface area contributed by atoms with Crippen LogP contribution in [0.3, 0.4) is 0 Å². The second-order valence-electron chi connectivity index (χ2n) is 18.6.